The number of halogens is 3. The van der Waals surface area contributed by atoms with Gasteiger partial charge in [-0.2, -0.15) is 5.10 Å². The zero-order valence-electron chi connectivity index (χ0n) is 18.3. The van der Waals surface area contributed by atoms with Gasteiger partial charge < -0.3 is 15.4 Å². The topological polar surface area (TPSA) is 68.2 Å². The van der Waals surface area contributed by atoms with Crippen molar-refractivity contribution in [2.24, 2.45) is 0 Å². The summed E-state index contributed by atoms with van der Waals surface area (Å²) in [5.74, 6) is -0.0806. The van der Waals surface area contributed by atoms with Gasteiger partial charge in [0, 0.05) is 27.5 Å². The third-order valence-electron chi connectivity index (χ3n) is 4.93. The fourth-order valence-corrected chi connectivity index (χ4v) is 5.32. The Hall–Kier alpha value is -2.62. The fraction of sp³-hybridized carbons (Fsp3) is 0.125. The SMILES string of the molecule is COC(=O)c1cc(Cc2ccccc2)sc1NC(=S)Nc1nn(Cc2ccc(Cl)cc2Cl)cc1Cl. The Morgan fingerprint density at radius 1 is 1.09 bits per heavy atom. The molecule has 2 N–H and O–H groups in total. The molecule has 2 heterocycles. The number of nitrogens with one attached hydrogen (secondary N) is 2. The lowest BCUT2D eigenvalue weighted by molar-refractivity contribution is 0.0602. The maximum Gasteiger partial charge on any atom is 0.340 e. The number of hydrogen-bond acceptors (Lipinski definition) is 5. The largest absolute Gasteiger partial charge is 0.465 e. The first-order valence-corrected chi connectivity index (χ1v) is 12.7. The summed E-state index contributed by atoms with van der Waals surface area (Å²) >= 11 is 25.5. The minimum atomic E-state index is -0.451. The molecule has 0 saturated carbocycles. The lowest BCUT2D eigenvalue weighted by Crippen LogP contribution is -2.20. The van der Waals surface area contributed by atoms with Crippen LogP contribution >= 0.6 is 58.4 Å². The summed E-state index contributed by atoms with van der Waals surface area (Å²) in [6.45, 7) is 0.401. The summed E-state index contributed by atoms with van der Waals surface area (Å²) in [7, 11) is 1.34. The van der Waals surface area contributed by atoms with Crippen LogP contribution in [0.5, 0.6) is 0 Å². The molecule has 2 aromatic heterocycles. The quantitative estimate of drug-likeness (QED) is 0.183. The number of carbonyl (C=O) groups is 1. The van der Waals surface area contributed by atoms with E-state index in [-0.39, 0.29) is 5.11 Å². The Bertz CT molecular complexity index is 1370. The van der Waals surface area contributed by atoms with E-state index >= 15 is 0 Å². The van der Waals surface area contributed by atoms with Gasteiger partial charge in [0.25, 0.3) is 0 Å². The molecule has 0 amide bonds. The van der Waals surface area contributed by atoms with E-state index in [2.05, 4.69) is 15.7 Å². The first-order chi connectivity index (χ1) is 16.8. The second kappa shape index (κ2) is 11.4. The average molecular weight is 566 g/mol. The standard InChI is InChI=1S/C24H19Cl3N4O2S2/c1-33-23(32)18-11-17(9-14-5-3-2-4-6-14)35-22(18)29-24(34)28-21-20(27)13-31(30-21)12-15-7-8-16(25)10-19(15)26/h2-8,10-11,13H,9,12H2,1H3,(H2,28,29,30,34). The zero-order valence-corrected chi connectivity index (χ0v) is 22.2. The van der Waals surface area contributed by atoms with Gasteiger partial charge in [-0.25, -0.2) is 4.79 Å². The number of methoxy groups -OCH3 is 1. The van der Waals surface area contributed by atoms with Crippen molar-refractivity contribution >= 4 is 80.3 Å². The molecular formula is C24H19Cl3N4O2S2. The second-order valence-electron chi connectivity index (χ2n) is 7.45. The van der Waals surface area contributed by atoms with Gasteiger partial charge in [0.1, 0.15) is 10.0 Å². The Morgan fingerprint density at radius 3 is 2.57 bits per heavy atom. The summed E-state index contributed by atoms with van der Waals surface area (Å²) in [6, 6.07) is 17.1. The molecule has 0 bridgehead atoms. The van der Waals surface area contributed by atoms with E-state index in [9.17, 15) is 4.79 Å². The molecule has 0 fully saturated rings. The molecule has 0 unspecified atom stereocenters. The van der Waals surface area contributed by atoms with Crippen LogP contribution in [0.2, 0.25) is 15.1 Å². The van der Waals surface area contributed by atoms with Crippen LogP contribution in [-0.4, -0.2) is 28.0 Å². The normalized spacial score (nSPS) is 10.7. The van der Waals surface area contributed by atoms with Crippen molar-refractivity contribution in [2.75, 3.05) is 17.7 Å². The number of nitrogens with zero attached hydrogens (tertiary/aromatic N) is 2. The summed E-state index contributed by atoms with van der Waals surface area (Å²) < 4.78 is 6.59. The third-order valence-corrected chi connectivity index (χ3v) is 7.05. The number of hydrogen-bond donors (Lipinski definition) is 2. The van der Waals surface area contributed by atoms with E-state index in [1.54, 1.807) is 23.0 Å². The van der Waals surface area contributed by atoms with Crippen LogP contribution in [0.4, 0.5) is 10.8 Å². The van der Waals surface area contributed by atoms with E-state index in [4.69, 9.17) is 51.8 Å². The zero-order chi connectivity index (χ0) is 24.9. The molecule has 35 heavy (non-hydrogen) atoms. The van der Waals surface area contributed by atoms with Crippen molar-refractivity contribution in [3.05, 3.63) is 97.4 Å². The van der Waals surface area contributed by atoms with Crippen LogP contribution in [0.1, 0.15) is 26.4 Å². The van der Waals surface area contributed by atoms with Crippen molar-refractivity contribution in [2.45, 2.75) is 13.0 Å². The van der Waals surface area contributed by atoms with Gasteiger partial charge in [0.2, 0.25) is 0 Å². The van der Waals surface area contributed by atoms with Gasteiger partial charge in [-0.15, -0.1) is 11.3 Å². The van der Waals surface area contributed by atoms with Crippen LogP contribution in [-0.2, 0) is 17.7 Å². The van der Waals surface area contributed by atoms with Crippen LogP contribution in [0, 0.1) is 0 Å². The van der Waals surface area contributed by atoms with E-state index in [1.807, 2.05) is 42.5 Å². The first kappa shape index (κ1) is 25.5. The molecule has 0 radical (unpaired) electrons. The van der Waals surface area contributed by atoms with E-state index in [1.165, 1.54) is 18.4 Å². The number of rotatable bonds is 7. The van der Waals surface area contributed by atoms with Crippen molar-refractivity contribution in [1.82, 2.24) is 9.78 Å². The van der Waals surface area contributed by atoms with Gasteiger partial charge >= 0.3 is 5.97 Å². The molecule has 0 aliphatic carbocycles. The van der Waals surface area contributed by atoms with Crippen molar-refractivity contribution in [3.8, 4) is 0 Å². The number of esters is 1. The predicted octanol–water partition coefficient (Wildman–Crippen LogP) is 7.14. The molecule has 11 heteroatoms. The number of carbonyl (C=O) groups excluding carboxylic acids is 1. The lowest BCUT2D eigenvalue weighted by atomic mass is 10.1. The smallest absolute Gasteiger partial charge is 0.340 e. The van der Waals surface area contributed by atoms with Gasteiger partial charge in [-0.05, 0) is 41.5 Å². The van der Waals surface area contributed by atoms with E-state index in [0.29, 0.717) is 44.4 Å². The molecule has 0 saturated heterocycles. The van der Waals surface area contributed by atoms with Crippen LogP contribution < -0.4 is 10.6 Å². The van der Waals surface area contributed by atoms with Crippen molar-refractivity contribution in [1.29, 1.82) is 0 Å². The Labute approximate surface area is 226 Å². The minimum absolute atomic E-state index is 0.236. The Morgan fingerprint density at radius 2 is 1.86 bits per heavy atom. The molecule has 180 valence electrons. The predicted molar refractivity (Wildman–Crippen MR) is 148 cm³/mol. The van der Waals surface area contributed by atoms with Gasteiger partial charge in [-0.1, -0.05) is 71.2 Å². The van der Waals surface area contributed by atoms with Crippen LogP contribution in [0.3, 0.4) is 0 Å². The van der Waals surface area contributed by atoms with Crippen molar-refractivity contribution in [3.63, 3.8) is 0 Å². The summed E-state index contributed by atoms with van der Waals surface area (Å²) in [5, 5.41) is 12.8. The summed E-state index contributed by atoms with van der Waals surface area (Å²) in [6.07, 6.45) is 2.35. The Kier molecular flexibility index (Phi) is 8.30. The maximum atomic E-state index is 12.3. The molecule has 0 aliphatic heterocycles. The molecule has 6 nitrogen and oxygen atoms in total. The molecule has 4 aromatic rings. The lowest BCUT2D eigenvalue weighted by Gasteiger charge is -2.09. The number of thiocarbonyl (C=S) groups is 1. The molecule has 0 aliphatic rings. The van der Waals surface area contributed by atoms with Gasteiger partial charge in [0.15, 0.2) is 10.9 Å². The summed E-state index contributed by atoms with van der Waals surface area (Å²) in [5.41, 5.74) is 2.38. The first-order valence-electron chi connectivity index (χ1n) is 10.3. The second-order valence-corrected chi connectivity index (χ2v) is 10.2. The highest BCUT2D eigenvalue weighted by molar-refractivity contribution is 7.80. The minimum Gasteiger partial charge on any atom is -0.465 e. The van der Waals surface area contributed by atoms with E-state index in [0.717, 1.165) is 16.0 Å². The number of anilines is 2. The number of thiophene rings is 1. The third kappa shape index (κ3) is 6.54. The molecule has 4 rings (SSSR count). The maximum absolute atomic E-state index is 12.3. The van der Waals surface area contributed by atoms with Crippen LogP contribution in [0.15, 0.2) is 60.8 Å². The highest BCUT2D eigenvalue weighted by atomic mass is 35.5. The number of benzene rings is 2. The van der Waals surface area contributed by atoms with Crippen LogP contribution in [0.25, 0.3) is 0 Å². The van der Waals surface area contributed by atoms with Crippen molar-refractivity contribution < 1.29 is 9.53 Å². The Balaban J connectivity index is 1.47. The molecule has 0 atom stereocenters. The number of aromatic nitrogens is 2. The highest BCUT2D eigenvalue weighted by Gasteiger charge is 2.19. The monoisotopic (exact) mass is 564 g/mol. The molecular weight excluding hydrogens is 547 g/mol. The van der Waals surface area contributed by atoms with Gasteiger partial charge in [0.05, 0.1) is 19.2 Å². The average Bonchev–Trinajstić information content (AvgIpc) is 3.38. The summed E-state index contributed by atoms with van der Waals surface area (Å²) in [4.78, 5) is 13.3. The fourth-order valence-electron chi connectivity index (χ4n) is 3.31. The van der Waals surface area contributed by atoms with Gasteiger partial charge in [-0.3, -0.25) is 4.68 Å². The highest BCUT2D eigenvalue weighted by Crippen LogP contribution is 2.31. The number of ether oxygens (including phenoxy) is 1. The molecule has 0 spiro atoms. The molecule has 2 aromatic carbocycles. The van der Waals surface area contributed by atoms with E-state index < -0.39 is 5.97 Å².